The van der Waals surface area contributed by atoms with Crippen LogP contribution in [0.25, 0.3) is 0 Å². The van der Waals surface area contributed by atoms with E-state index in [-0.39, 0.29) is 6.04 Å². The molecule has 1 aromatic carbocycles. The largest absolute Gasteiger partial charge is 0.480 e. The predicted octanol–water partition coefficient (Wildman–Crippen LogP) is 3.24. The van der Waals surface area contributed by atoms with E-state index in [1.165, 1.54) is 5.56 Å². The van der Waals surface area contributed by atoms with Crippen molar-refractivity contribution in [2.45, 2.75) is 32.4 Å². The molecule has 116 valence electrons. The van der Waals surface area contributed by atoms with Crippen LogP contribution in [0.3, 0.4) is 0 Å². The molecular formula is C16H19N3O2S. The minimum atomic E-state index is -0.731. The predicted molar refractivity (Wildman–Crippen MR) is 87.6 cm³/mol. The first kappa shape index (κ1) is 15.0. The second-order valence-corrected chi connectivity index (χ2v) is 6.46. The van der Waals surface area contributed by atoms with Crippen molar-refractivity contribution in [1.29, 1.82) is 0 Å². The first-order valence-electron chi connectivity index (χ1n) is 7.37. The van der Waals surface area contributed by atoms with Crippen molar-refractivity contribution < 1.29 is 9.90 Å². The van der Waals surface area contributed by atoms with Crippen molar-refractivity contribution in [1.82, 2.24) is 9.88 Å². The van der Waals surface area contributed by atoms with Crippen molar-refractivity contribution in [2.75, 3.05) is 11.9 Å². The molecule has 0 aliphatic carbocycles. The summed E-state index contributed by atoms with van der Waals surface area (Å²) in [6.07, 6.45) is 1.67. The Morgan fingerprint density at radius 3 is 2.95 bits per heavy atom. The Labute approximate surface area is 133 Å². The molecule has 0 spiro atoms. The van der Waals surface area contributed by atoms with Gasteiger partial charge in [0.05, 0.1) is 5.69 Å². The summed E-state index contributed by atoms with van der Waals surface area (Å²) in [6.45, 7) is 3.48. The topological polar surface area (TPSA) is 65.5 Å². The molecule has 0 unspecified atom stereocenters. The SMILES string of the molecule is Cc1ccc(Nc2nc(CN3CCC[C@H]3C(=O)O)cs2)cc1. The molecule has 0 radical (unpaired) electrons. The van der Waals surface area contributed by atoms with Crippen LogP contribution >= 0.6 is 11.3 Å². The molecule has 1 fully saturated rings. The highest BCUT2D eigenvalue weighted by Crippen LogP contribution is 2.24. The van der Waals surface area contributed by atoms with Gasteiger partial charge >= 0.3 is 5.97 Å². The summed E-state index contributed by atoms with van der Waals surface area (Å²) in [7, 11) is 0. The minimum absolute atomic E-state index is 0.366. The number of thiazole rings is 1. The first-order chi connectivity index (χ1) is 10.6. The molecular weight excluding hydrogens is 298 g/mol. The van der Waals surface area contributed by atoms with Crippen LogP contribution in [-0.2, 0) is 11.3 Å². The lowest BCUT2D eigenvalue weighted by Gasteiger charge is -2.19. The summed E-state index contributed by atoms with van der Waals surface area (Å²) < 4.78 is 0. The summed E-state index contributed by atoms with van der Waals surface area (Å²) >= 11 is 1.55. The molecule has 0 bridgehead atoms. The van der Waals surface area contributed by atoms with Crippen molar-refractivity contribution in [3.8, 4) is 0 Å². The van der Waals surface area contributed by atoms with Crippen LogP contribution in [-0.4, -0.2) is 33.5 Å². The van der Waals surface area contributed by atoms with Crippen molar-refractivity contribution in [3.05, 3.63) is 40.9 Å². The molecule has 22 heavy (non-hydrogen) atoms. The van der Waals surface area contributed by atoms with Crippen LogP contribution in [0.1, 0.15) is 24.1 Å². The number of hydrogen-bond donors (Lipinski definition) is 2. The quantitative estimate of drug-likeness (QED) is 0.886. The monoisotopic (exact) mass is 317 g/mol. The van der Waals surface area contributed by atoms with Crippen LogP contribution in [0.4, 0.5) is 10.8 Å². The molecule has 1 aliphatic heterocycles. The Bertz CT molecular complexity index is 654. The van der Waals surface area contributed by atoms with Gasteiger partial charge in [-0.2, -0.15) is 0 Å². The number of aromatic nitrogens is 1. The van der Waals surface area contributed by atoms with E-state index in [9.17, 15) is 9.90 Å². The van der Waals surface area contributed by atoms with Crippen LogP contribution in [0.5, 0.6) is 0 Å². The van der Waals surface area contributed by atoms with Gasteiger partial charge in [0.2, 0.25) is 0 Å². The Hall–Kier alpha value is -1.92. The van der Waals surface area contributed by atoms with E-state index >= 15 is 0 Å². The maximum atomic E-state index is 11.2. The van der Waals surface area contributed by atoms with Gasteiger partial charge in [0, 0.05) is 17.6 Å². The highest BCUT2D eigenvalue weighted by molar-refractivity contribution is 7.13. The van der Waals surface area contributed by atoms with E-state index < -0.39 is 5.97 Å². The molecule has 5 nitrogen and oxygen atoms in total. The van der Waals surface area contributed by atoms with Gasteiger partial charge < -0.3 is 10.4 Å². The zero-order valence-corrected chi connectivity index (χ0v) is 13.3. The lowest BCUT2D eigenvalue weighted by molar-refractivity contribution is -0.142. The van der Waals surface area contributed by atoms with Gasteiger partial charge in [-0.3, -0.25) is 9.69 Å². The third-order valence-electron chi connectivity index (χ3n) is 3.87. The molecule has 2 heterocycles. The fraction of sp³-hybridized carbons (Fsp3) is 0.375. The lowest BCUT2D eigenvalue weighted by atomic mass is 10.2. The normalized spacial score (nSPS) is 18.5. The molecule has 0 amide bonds. The lowest BCUT2D eigenvalue weighted by Crippen LogP contribution is -2.35. The number of benzene rings is 1. The number of aliphatic carboxylic acids is 1. The van der Waals surface area contributed by atoms with Crippen molar-refractivity contribution >= 4 is 28.1 Å². The number of nitrogens with zero attached hydrogens (tertiary/aromatic N) is 2. The summed E-state index contributed by atoms with van der Waals surface area (Å²) in [5.74, 6) is -0.731. The number of anilines is 2. The van der Waals surface area contributed by atoms with Gasteiger partial charge in [0.25, 0.3) is 0 Å². The van der Waals surface area contributed by atoms with E-state index in [2.05, 4.69) is 29.4 Å². The van der Waals surface area contributed by atoms with Gasteiger partial charge in [-0.05, 0) is 38.4 Å². The average Bonchev–Trinajstić information content (AvgIpc) is 3.11. The standard InChI is InChI=1S/C16H19N3O2S/c1-11-4-6-12(7-5-11)17-16-18-13(10-22-16)9-19-8-2-3-14(19)15(20)21/h4-7,10,14H,2-3,8-9H2,1H3,(H,17,18)(H,20,21)/t14-/m0/s1. The summed E-state index contributed by atoms with van der Waals surface area (Å²) in [4.78, 5) is 17.8. The van der Waals surface area contributed by atoms with Gasteiger partial charge in [0.15, 0.2) is 5.13 Å². The van der Waals surface area contributed by atoms with Gasteiger partial charge in [-0.1, -0.05) is 17.7 Å². The number of carboxylic acid groups (broad SMARTS) is 1. The number of aryl methyl sites for hydroxylation is 1. The number of rotatable bonds is 5. The van der Waals surface area contributed by atoms with E-state index in [4.69, 9.17) is 0 Å². The number of carboxylic acids is 1. The van der Waals surface area contributed by atoms with Crippen LogP contribution < -0.4 is 5.32 Å². The minimum Gasteiger partial charge on any atom is -0.480 e. The maximum absolute atomic E-state index is 11.2. The van der Waals surface area contributed by atoms with E-state index in [1.54, 1.807) is 11.3 Å². The number of likely N-dealkylation sites (tertiary alicyclic amines) is 1. The van der Waals surface area contributed by atoms with Crippen LogP contribution in [0.2, 0.25) is 0 Å². The number of nitrogens with one attached hydrogen (secondary N) is 1. The molecule has 1 aliphatic rings. The zero-order valence-electron chi connectivity index (χ0n) is 12.5. The Morgan fingerprint density at radius 2 is 2.23 bits per heavy atom. The van der Waals surface area contributed by atoms with Crippen molar-refractivity contribution in [2.24, 2.45) is 0 Å². The van der Waals surface area contributed by atoms with E-state index in [1.807, 2.05) is 22.4 Å². The van der Waals surface area contributed by atoms with Gasteiger partial charge in [0.1, 0.15) is 6.04 Å². The van der Waals surface area contributed by atoms with E-state index in [0.717, 1.165) is 35.9 Å². The third-order valence-corrected chi connectivity index (χ3v) is 4.67. The van der Waals surface area contributed by atoms with Gasteiger partial charge in [-0.15, -0.1) is 11.3 Å². The molecule has 1 atom stereocenters. The summed E-state index contributed by atoms with van der Waals surface area (Å²) in [5, 5.41) is 15.3. The maximum Gasteiger partial charge on any atom is 0.320 e. The third kappa shape index (κ3) is 3.45. The highest BCUT2D eigenvalue weighted by Gasteiger charge is 2.30. The number of hydrogen-bond acceptors (Lipinski definition) is 5. The molecule has 1 aromatic heterocycles. The van der Waals surface area contributed by atoms with Crippen LogP contribution in [0, 0.1) is 6.92 Å². The molecule has 3 rings (SSSR count). The zero-order chi connectivity index (χ0) is 15.5. The Morgan fingerprint density at radius 1 is 1.45 bits per heavy atom. The average molecular weight is 317 g/mol. The molecule has 1 saturated heterocycles. The Balaban J connectivity index is 1.63. The summed E-state index contributed by atoms with van der Waals surface area (Å²) in [5.41, 5.74) is 3.16. The summed E-state index contributed by atoms with van der Waals surface area (Å²) in [6, 6.07) is 7.79. The molecule has 2 N–H and O–H groups in total. The van der Waals surface area contributed by atoms with Crippen molar-refractivity contribution in [3.63, 3.8) is 0 Å². The Kier molecular flexibility index (Phi) is 4.40. The molecule has 0 saturated carbocycles. The van der Waals surface area contributed by atoms with E-state index in [0.29, 0.717) is 6.54 Å². The second kappa shape index (κ2) is 6.46. The number of carbonyl (C=O) groups is 1. The fourth-order valence-electron chi connectivity index (χ4n) is 2.70. The smallest absolute Gasteiger partial charge is 0.320 e. The fourth-order valence-corrected chi connectivity index (χ4v) is 3.42. The van der Waals surface area contributed by atoms with Crippen LogP contribution in [0.15, 0.2) is 29.6 Å². The first-order valence-corrected chi connectivity index (χ1v) is 8.25. The highest BCUT2D eigenvalue weighted by atomic mass is 32.1. The molecule has 2 aromatic rings. The van der Waals surface area contributed by atoms with Gasteiger partial charge in [-0.25, -0.2) is 4.98 Å². The molecule has 6 heteroatoms. The second-order valence-electron chi connectivity index (χ2n) is 5.60.